The Morgan fingerprint density at radius 3 is 1.33 bits per heavy atom. The molecule has 654 valence electrons. The number of likely N-dealkylation sites (tertiary alicyclic amines) is 1. The molecule has 7 N–H and O–H groups in total. The molecule has 0 bridgehead atoms. The number of carbonyl (C=O) groups is 2. The second kappa shape index (κ2) is 37.3. The fraction of sp³-hybridized carbons (Fsp3) is 0.398. The van der Waals surface area contributed by atoms with Crippen molar-refractivity contribution in [2.24, 2.45) is 22.7 Å². The maximum Gasteiger partial charge on any atom is 0.293 e. The van der Waals surface area contributed by atoms with Crippen LogP contribution >= 0.6 is 23.2 Å². The van der Waals surface area contributed by atoms with E-state index in [1.54, 1.807) is 60.9 Å². The van der Waals surface area contributed by atoms with Crippen LogP contribution in [0.5, 0.6) is 23.0 Å². The quantitative estimate of drug-likeness (QED) is 0.0196. The van der Waals surface area contributed by atoms with E-state index >= 15 is 0 Å². The van der Waals surface area contributed by atoms with Crippen LogP contribution in [0.1, 0.15) is 135 Å². The minimum atomic E-state index is -4.55. The maximum atomic E-state index is 14.0. The molecule has 8 heterocycles. The summed E-state index contributed by atoms with van der Waals surface area (Å²) in [6, 6.07) is 41.4. The van der Waals surface area contributed by atoms with Crippen molar-refractivity contribution in [1.82, 2.24) is 49.4 Å². The average Bonchev–Trinajstić information content (AvgIpc) is 1.12. The van der Waals surface area contributed by atoms with Crippen molar-refractivity contribution < 1.29 is 45.7 Å². The zero-order valence-corrected chi connectivity index (χ0v) is 73.1. The molecule has 28 nitrogen and oxygen atoms in total. The number of aromatic amines is 2. The zero-order chi connectivity index (χ0) is 86.6. The lowest BCUT2D eigenvalue weighted by atomic mass is 9.59. The molecular weight excluding hydrogens is 1670 g/mol. The lowest BCUT2D eigenvalue weighted by molar-refractivity contribution is -0.384. The number of amides is 2. The molecule has 0 radical (unpaired) electrons. The highest BCUT2D eigenvalue weighted by Gasteiger charge is 2.43. The molecule has 4 aromatic heterocycles. The lowest BCUT2D eigenvalue weighted by Crippen LogP contribution is -2.47. The van der Waals surface area contributed by atoms with E-state index in [2.05, 4.69) is 101 Å². The van der Waals surface area contributed by atoms with Gasteiger partial charge < -0.3 is 50.1 Å². The number of piperazine rings is 2. The van der Waals surface area contributed by atoms with E-state index in [4.69, 9.17) is 32.7 Å². The smallest absolute Gasteiger partial charge is 0.293 e. The third kappa shape index (κ3) is 20.1. The lowest BCUT2D eigenvalue weighted by Gasteiger charge is -2.47. The number of nitrogens with one attached hydrogen (secondary N) is 7. The fourth-order valence-corrected chi connectivity index (χ4v) is 21.3. The Balaban J connectivity index is 0.000000177. The zero-order valence-electron chi connectivity index (χ0n) is 69.9. The largest absolute Gasteiger partial charge is 0.455 e. The summed E-state index contributed by atoms with van der Waals surface area (Å²) in [5, 5.41) is 36.9. The average molecular weight is 1770 g/mol. The number of nitro benzene ring substituents is 2. The number of pyridine rings is 2. The van der Waals surface area contributed by atoms with Gasteiger partial charge in [0.2, 0.25) is 0 Å². The molecule has 4 aliphatic carbocycles. The highest BCUT2D eigenvalue weighted by molar-refractivity contribution is 7.90. The number of fused-ring (bicyclic) bond motifs is 2. The van der Waals surface area contributed by atoms with Gasteiger partial charge >= 0.3 is 0 Å². The Morgan fingerprint density at radius 2 is 0.928 bits per heavy atom. The van der Waals surface area contributed by atoms with Crippen molar-refractivity contribution in [2.75, 3.05) is 132 Å². The fourth-order valence-electron chi connectivity index (χ4n) is 19.1. The number of allylic oxidation sites excluding steroid dienone is 2. The number of anilines is 4. The van der Waals surface area contributed by atoms with E-state index in [9.17, 15) is 46.7 Å². The molecule has 4 aliphatic heterocycles. The number of aromatic nitrogens is 4. The molecule has 0 unspecified atom stereocenters. The number of nitro groups is 2. The molecule has 8 aliphatic rings. The van der Waals surface area contributed by atoms with Crippen LogP contribution in [0.25, 0.3) is 33.2 Å². The summed E-state index contributed by atoms with van der Waals surface area (Å²) in [4.78, 5) is 76.8. The number of piperidine rings is 2. The van der Waals surface area contributed by atoms with Gasteiger partial charge in [-0.3, -0.25) is 39.6 Å². The second-order valence-corrected chi connectivity index (χ2v) is 39.2. The summed E-state index contributed by atoms with van der Waals surface area (Å²) in [5.41, 5.74) is 12.0. The first-order valence-electron chi connectivity index (χ1n) is 43.4. The molecule has 32 heteroatoms. The van der Waals surface area contributed by atoms with E-state index in [1.165, 1.54) is 121 Å². The third-order valence-corrected chi connectivity index (χ3v) is 30.0. The van der Waals surface area contributed by atoms with E-state index < -0.39 is 57.2 Å². The van der Waals surface area contributed by atoms with Crippen molar-refractivity contribution in [1.29, 1.82) is 0 Å². The normalized spacial score (nSPS) is 18.6. The SMILES string of the molecule is CN1CCC(CNc2ccc(S(=O)(=O)NC(=O)c3ccc(N4CCN(CC5=C(c6ccc(Cl)cc6)CC6(CCC6)CC5)CC4)cc3Oc3cnc4[nH]ccc4c3)cc2[N+](=O)[O-])CC1.O=C(NS(=O)(=O)c1ccc(NCC2CCNCC2)c([N+](=O)[O-])c1)c1ccc(N2CCN(CC3=C(c4ccc(Cl)cc4)CC4(CCC4)CC3)CC2)cc1Oc1cnc2[nH]ccc2c1. The minimum absolute atomic E-state index is 0.0239. The van der Waals surface area contributed by atoms with Gasteiger partial charge in [-0.1, -0.05) is 71.5 Å². The number of halogens is 2. The van der Waals surface area contributed by atoms with Gasteiger partial charge in [-0.15, -0.1) is 0 Å². The van der Waals surface area contributed by atoms with Crippen molar-refractivity contribution in [3.05, 3.63) is 234 Å². The molecule has 6 fully saturated rings. The predicted molar refractivity (Wildman–Crippen MR) is 488 cm³/mol. The maximum absolute atomic E-state index is 14.0. The van der Waals surface area contributed by atoms with Crippen molar-refractivity contribution in [3.63, 3.8) is 0 Å². The van der Waals surface area contributed by atoms with Gasteiger partial charge in [0.15, 0.2) is 0 Å². The van der Waals surface area contributed by atoms with Crippen molar-refractivity contribution >= 4 is 122 Å². The Labute approximate surface area is 737 Å². The third-order valence-electron chi connectivity index (χ3n) is 26.9. The van der Waals surface area contributed by atoms with Gasteiger partial charge in [0.05, 0.1) is 43.2 Å². The summed E-state index contributed by atoms with van der Waals surface area (Å²) < 4.78 is 71.8. The van der Waals surface area contributed by atoms with E-state index in [0.717, 1.165) is 187 Å². The predicted octanol–water partition coefficient (Wildman–Crippen LogP) is 17.1. The molecule has 2 amide bonds. The Morgan fingerprint density at radius 1 is 0.512 bits per heavy atom. The van der Waals surface area contributed by atoms with Crippen LogP contribution in [-0.4, -0.2) is 185 Å². The number of sulfonamides is 2. The van der Waals surface area contributed by atoms with Crippen LogP contribution in [-0.2, 0) is 20.0 Å². The molecule has 0 atom stereocenters. The molecule has 10 aromatic rings. The van der Waals surface area contributed by atoms with Crippen LogP contribution in [0, 0.1) is 42.9 Å². The number of rotatable bonds is 26. The number of benzene rings is 6. The molecule has 2 spiro atoms. The Bertz CT molecular complexity index is 5990. The first kappa shape index (κ1) is 86.2. The molecule has 125 heavy (non-hydrogen) atoms. The van der Waals surface area contributed by atoms with Crippen LogP contribution in [0.4, 0.5) is 34.1 Å². The number of hydrogen-bond donors (Lipinski definition) is 7. The first-order chi connectivity index (χ1) is 60.4. The highest BCUT2D eigenvalue weighted by atomic mass is 35.5. The topological polar surface area (TPSA) is 341 Å². The number of ether oxygens (including phenoxy) is 2. The molecule has 4 saturated heterocycles. The summed E-state index contributed by atoms with van der Waals surface area (Å²) in [5.74, 6) is -0.193. The summed E-state index contributed by atoms with van der Waals surface area (Å²) >= 11 is 12.6. The second-order valence-electron chi connectivity index (χ2n) is 34.9. The first-order valence-corrected chi connectivity index (χ1v) is 47.1. The van der Waals surface area contributed by atoms with Crippen molar-refractivity contribution in [3.8, 4) is 23.0 Å². The van der Waals surface area contributed by atoms with E-state index in [1.807, 2.05) is 36.4 Å². The van der Waals surface area contributed by atoms with Crippen molar-refractivity contribution in [2.45, 2.75) is 113 Å². The van der Waals surface area contributed by atoms with Crippen LogP contribution in [0.3, 0.4) is 0 Å². The van der Waals surface area contributed by atoms with Gasteiger partial charge in [-0.25, -0.2) is 36.2 Å². The number of nitrogens with zero attached hydrogens (tertiary/aromatic N) is 9. The number of H-pyrrole nitrogens is 2. The Kier molecular flexibility index (Phi) is 25.7. The van der Waals surface area contributed by atoms with Gasteiger partial charge in [0.1, 0.15) is 45.7 Å². The molecule has 2 saturated carbocycles. The standard InChI is InChI=1S/C47H53ClN8O6S.C46H51ClN8O6S/c1-53-19-13-32(14-20-53)29-50-42-10-8-39(27-43(42)56(58)59)63(60,61)52-46(57)40-9-7-37(26-44(40)62-38-25-34-12-18-49-45(34)51-30-38)55-23-21-54(22-24-55)31-35-11-17-47(15-2-16-47)28-41(35)33-3-5-36(48)6-4-33;47-35-4-2-32(3-5-35)40-27-46(14-1-15-46)16-10-34(40)30-53-20-22-54(23-21-53)36-6-8-39(43(25-36)61-37-24-33-13-19-49-44(33)51-29-37)45(56)52-62(59,60)38-7-9-41(42(26-38)55(57)58)50-28-31-11-17-48-18-12-31/h3-10,12,18,25-27,30,32,50H,2,11,13-17,19-24,28-29,31H2,1H3,(H,49,51)(H,52,57);2-9,13,19,24-26,29,31,48,50H,1,10-12,14-18,20-23,27-28,30H2,(H,49,51)(H,52,56). The van der Waals surface area contributed by atoms with Gasteiger partial charge in [-0.05, 0) is 265 Å². The highest BCUT2D eigenvalue weighted by Crippen LogP contribution is 2.57. The van der Waals surface area contributed by atoms with E-state index in [-0.39, 0.29) is 39.7 Å². The van der Waals surface area contributed by atoms with E-state index in [0.29, 0.717) is 58.5 Å². The Hall–Kier alpha value is -11.0. The van der Waals surface area contributed by atoms with Gasteiger partial charge in [-0.2, -0.15) is 0 Å². The summed E-state index contributed by atoms with van der Waals surface area (Å²) in [6.07, 6.45) is 25.3. The summed E-state index contributed by atoms with van der Waals surface area (Å²) in [6.45, 7) is 12.9. The molecular formula is C93H104Cl2N16O12S2. The monoisotopic (exact) mass is 1770 g/mol. The number of carbonyl (C=O) groups excluding carboxylic acids is 2. The minimum Gasteiger partial charge on any atom is -0.455 e. The van der Waals surface area contributed by atoms with Gasteiger partial charge in [0.25, 0.3) is 43.2 Å². The molecule has 6 aromatic carbocycles. The van der Waals surface area contributed by atoms with Gasteiger partial charge in [0, 0.05) is 147 Å². The van der Waals surface area contributed by atoms with Crippen LogP contribution in [0.2, 0.25) is 10.0 Å². The van der Waals surface area contributed by atoms with Crippen LogP contribution < -0.4 is 44.7 Å². The summed E-state index contributed by atoms with van der Waals surface area (Å²) in [7, 11) is -7.02. The van der Waals surface area contributed by atoms with Crippen LogP contribution in [0.15, 0.2) is 191 Å². The molecule has 18 rings (SSSR count). The number of hydrogen-bond acceptors (Lipinski definition) is 22.